The molecule has 1 N–H and O–H groups in total. The van der Waals surface area contributed by atoms with Crippen molar-refractivity contribution >= 4 is 5.97 Å². The monoisotopic (exact) mass is 236 g/mol. The Morgan fingerprint density at radius 1 is 1.59 bits per heavy atom. The van der Waals surface area contributed by atoms with Crippen molar-refractivity contribution in [3.63, 3.8) is 0 Å². The van der Waals surface area contributed by atoms with Crippen molar-refractivity contribution in [2.75, 3.05) is 6.61 Å². The molecule has 92 valence electrons. The van der Waals surface area contributed by atoms with E-state index in [-0.39, 0.29) is 12.1 Å². The van der Waals surface area contributed by atoms with E-state index in [1.807, 2.05) is 6.92 Å². The summed E-state index contributed by atoms with van der Waals surface area (Å²) >= 11 is 0. The standard InChI is InChI=1S/C13H16O4/c1-3-16-13(15)9-4-5-10-11(14)6-8(2)17-12(10)7-9/h4-5,7-8,11,14H,3,6H2,1-2H3. The minimum absolute atomic E-state index is 0.0463. The number of rotatable bonds is 2. The molecule has 0 bridgehead atoms. The van der Waals surface area contributed by atoms with Gasteiger partial charge >= 0.3 is 5.97 Å². The summed E-state index contributed by atoms with van der Waals surface area (Å²) in [5, 5.41) is 9.87. The van der Waals surface area contributed by atoms with Crippen LogP contribution in [0.2, 0.25) is 0 Å². The molecule has 1 heterocycles. The minimum atomic E-state index is -0.523. The van der Waals surface area contributed by atoms with Crippen LogP contribution in [0.4, 0.5) is 0 Å². The molecule has 4 nitrogen and oxygen atoms in total. The normalized spacial score (nSPS) is 22.5. The van der Waals surface area contributed by atoms with Crippen molar-refractivity contribution in [1.29, 1.82) is 0 Å². The highest BCUT2D eigenvalue weighted by atomic mass is 16.5. The minimum Gasteiger partial charge on any atom is -0.490 e. The lowest BCUT2D eigenvalue weighted by molar-refractivity contribution is 0.0520. The van der Waals surface area contributed by atoms with Crippen LogP contribution in [0.15, 0.2) is 18.2 Å². The zero-order chi connectivity index (χ0) is 12.4. The Morgan fingerprint density at radius 2 is 2.35 bits per heavy atom. The summed E-state index contributed by atoms with van der Waals surface area (Å²) in [6.07, 6.45) is 0.00565. The van der Waals surface area contributed by atoms with E-state index in [0.717, 1.165) is 5.56 Å². The number of benzene rings is 1. The Balaban J connectivity index is 2.30. The van der Waals surface area contributed by atoms with Crippen LogP contribution in [0.3, 0.4) is 0 Å². The average Bonchev–Trinajstić information content (AvgIpc) is 2.28. The fourth-order valence-electron chi connectivity index (χ4n) is 1.96. The summed E-state index contributed by atoms with van der Waals surface area (Å²) in [4.78, 5) is 11.6. The molecule has 2 atom stereocenters. The van der Waals surface area contributed by atoms with Crippen LogP contribution < -0.4 is 4.74 Å². The molecule has 0 radical (unpaired) electrons. The number of carbonyl (C=O) groups excluding carboxylic acids is 1. The van der Waals surface area contributed by atoms with Gasteiger partial charge in [-0.2, -0.15) is 0 Å². The molecule has 4 heteroatoms. The second-order valence-corrected chi connectivity index (χ2v) is 4.15. The van der Waals surface area contributed by atoms with E-state index in [4.69, 9.17) is 9.47 Å². The Labute approximate surface area is 100 Å². The molecule has 1 aromatic carbocycles. The van der Waals surface area contributed by atoms with E-state index in [1.54, 1.807) is 25.1 Å². The van der Waals surface area contributed by atoms with Gasteiger partial charge in [0.05, 0.1) is 24.4 Å². The predicted octanol–water partition coefficient (Wildman–Crippen LogP) is 2.07. The molecule has 0 fully saturated rings. The van der Waals surface area contributed by atoms with Gasteiger partial charge in [-0.15, -0.1) is 0 Å². The predicted molar refractivity (Wildman–Crippen MR) is 62.1 cm³/mol. The lowest BCUT2D eigenvalue weighted by atomic mass is 9.98. The van der Waals surface area contributed by atoms with Crippen molar-refractivity contribution in [3.05, 3.63) is 29.3 Å². The van der Waals surface area contributed by atoms with Gasteiger partial charge in [0, 0.05) is 12.0 Å². The lowest BCUT2D eigenvalue weighted by Crippen LogP contribution is -2.23. The van der Waals surface area contributed by atoms with Crippen LogP contribution in [0.25, 0.3) is 0 Å². The summed E-state index contributed by atoms with van der Waals surface area (Å²) in [5.41, 5.74) is 1.18. The van der Waals surface area contributed by atoms with E-state index < -0.39 is 6.10 Å². The van der Waals surface area contributed by atoms with E-state index in [0.29, 0.717) is 24.3 Å². The van der Waals surface area contributed by atoms with Crippen LogP contribution in [0, 0.1) is 0 Å². The van der Waals surface area contributed by atoms with Crippen molar-refractivity contribution in [2.45, 2.75) is 32.5 Å². The summed E-state index contributed by atoms with van der Waals surface area (Å²) < 4.78 is 10.5. The third-order valence-corrected chi connectivity index (χ3v) is 2.77. The summed E-state index contributed by atoms with van der Waals surface area (Å²) in [5.74, 6) is 0.202. The first-order valence-electron chi connectivity index (χ1n) is 5.77. The van der Waals surface area contributed by atoms with Crippen molar-refractivity contribution < 1.29 is 19.4 Å². The molecular weight excluding hydrogens is 220 g/mol. The average molecular weight is 236 g/mol. The SMILES string of the molecule is CCOC(=O)c1ccc2c(c1)OC(C)CC2O. The molecule has 2 unspecified atom stereocenters. The molecule has 1 aliphatic heterocycles. The Morgan fingerprint density at radius 3 is 3.06 bits per heavy atom. The summed E-state index contributed by atoms with van der Waals surface area (Å²) in [6.45, 7) is 4.00. The lowest BCUT2D eigenvalue weighted by Gasteiger charge is -2.27. The van der Waals surface area contributed by atoms with Crippen LogP contribution in [-0.4, -0.2) is 23.8 Å². The summed E-state index contributed by atoms with van der Waals surface area (Å²) in [7, 11) is 0. The van der Waals surface area contributed by atoms with E-state index in [1.165, 1.54) is 0 Å². The summed E-state index contributed by atoms with van der Waals surface area (Å²) in [6, 6.07) is 5.00. The molecule has 0 aliphatic carbocycles. The molecular formula is C13H16O4. The number of ether oxygens (including phenoxy) is 2. The highest BCUT2D eigenvalue weighted by Gasteiger charge is 2.25. The molecule has 0 aromatic heterocycles. The molecule has 0 saturated carbocycles. The fraction of sp³-hybridized carbons (Fsp3) is 0.462. The molecule has 0 spiro atoms. The largest absolute Gasteiger partial charge is 0.490 e. The molecule has 0 saturated heterocycles. The maximum absolute atomic E-state index is 11.6. The van der Waals surface area contributed by atoms with E-state index in [2.05, 4.69) is 0 Å². The number of carbonyl (C=O) groups is 1. The Hall–Kier alpha value is -1.55. The Kier molecular flexibility index (Phi) is 3.33. The molecule has 17 heavy (non-hydrogen) atoms. The molecule has 0 amide bonds. The van der Waals surface area contributed by atoms with Gasteiger partial charge < -0.3 is 14.6 Å². The first kappa shape index (κ1) is 11.9. The van der Waals surface area contributed by atoms with E-state index in [9.17, 15) is 9.90 Å². The maximum Gasteiger partial charge on any atom is 0.338 e. The highest BCUT2D eigenvalue weighted by molar-refractivity contribution is 5.90. The third-order valence-electron chi connectivity index (χ3n) is 2.77. The van der Waals surface area contributed by atoms with Gasteiger partial charge in [0.15, 0.2) is 0 Å². The molecule has 2 rings (SSSR count). The number of hydrogen-bond acceptors (Lipinski definition) is 4. The molecule has 1 aliphatic rings. The first-order chi connectivity index (χ1) is 8.11. The highest BCUT2D eigenvalue weighted by Crippen LogP contribution is 2.35. The maximum atomic E-state index is 11.6. The quantitative estimate of drug-likeness (QED) is 0.799. The van der Waals surface area contributed by atoms with Crippen molar-refractivity contribution in [2.24, 2.45) is 0 Å². The second kappa shape index (κ2) is 4.75. The fourth-order valence-corrected chi connectivity index (χ4v) is 1.96. The third kappa shape index (κ3) is 2.42. The van der Waals surface area contributed by atoms with Gasteiger partial charge in [-0.25, -0.2) is 4.79 Å². The van der Waals surface area contributed by atoms with Crippen molar-refractivity contribution in [1.82, 2.24) is 0 Å². The van der Waals surface area contributed by atoms with Gasteiger partial charge in [-0.1, -0.05) is 6.07 Å². The second-order valence-electron chi connectivity index (χ2n) is 4.15. The van der Waals surface area contributed by atoms with Gasteiger partial charge in [0.2, 0.25) is 0 Å². The molecule has 1 aromatic rings. The van der Waals surface area contributed by atoms with Crippen LogP contribution in [-0.2, 0) is 4.74 Å². The smallest absolute Gasteiger partial charge is 0.338 e. The van der Waals surface area contributed by atoms with Gasteiger partial charge in [0.1, 0.15) is 5.75 Å². The first-order valence-corrected chi connectivity index (χ1v) is 5.77. The zero-order valence-corrected chi connectivity index (χ0v) is 9.97. The van der Waals surface area contributed by atoms with Crippen molar-refractivity contribution in [3.8, 4) is 5.75 Å². The van der Waals surface area contributed by atoms with Gasteiger partial charge in [-0.3, -0.25) is 0 Å². The van der Waals surface area contributed by atoms with Crippen LogP contribution in [0.5, 0.6) is 5.75 Å². The number of fused-ring (bicyclic) bond motifs is 1. The van der Waals surface area contributed by atoms with Crippen LogP contribution in [0.1, 0.15) is 42.3 Å². The van der Waals surface area contributed by atoms with Crippen LogP contribution >= 0.6 is 0 Å². The van der Waals surface area contributed by atoms with Gasteiger partial charge in [-0.05, 0) is 26.0 Å². The number of esters is 1. The number of aliphatic hydroxyl groups excluding tert-OH is 1. The number of aliphatic hydroxyl groups is 1. The van der Waals surface area contributed by atoms with Gasteiger partial charge in [0.25, 0.3) is 0 Å². The Bertz CT molecular complexity index is 427. The zero-order valence-electron chi connectivity index (χ0n) is 9.97. The number of hydrogen-bond donors (Lipinski definition) is 1. The van der Waals surface area contributed by atoms with E-state index >= 15 is 0 Å². The topological polar surface area (TPSA) is 55.8 Å².